The van der Waals surface area contributed by atoms with Crippen LogP contribution in [0.3, 0.4) is 0 Å². The van der Waals surface area contributed by atoms with Crippen molar-refractivity contribution in [3.63, 3.8) is 0 Å². The van der Waals surface area contributed by atoms with Crippen molar-refractivity contribution < 1.29 is 89.8 Å². The van der Waals surface area contributed by atoms with Crippen LogP contribution in [0.15, 0.2) is 0 Å². The Bertz CT molecular complexity index is 916. The summed E-state index contributed by atoms with van der Waals surface area (Å²) in [5.74, 6) is -2.98. The molecule has 0 aliphatic carbocycles. The fraction of sp³-hybridized carbons (Fsp3) is 0.960. The van der Waals surface area contributed by atoms with Crippen LogP contribution in [0, 0.1) is 0 Å². The average Bonchev–Trinajstić information content (AvgIpc) is 2.98. The Morgan fingerprint density at radius 3 is 2.18 bits per heavy atom. The van der Waals surface area contributed by atoms with E-state index in [1.54, 1.807) is 6.92 Å². The van der Waals surface area contributed by atoms with Gasteiger partial charge in [0.15, 0.2) is 18.4 Å². The molecule has 44 heavy (non-hydrogen) atoms. The molecule has 0 spiro atoms. The third-order valence-corrected chi connectivity index (χ3v) is 7.97. The summed E-state index contributed by atoms with van der Waals surface area (Å²) in [7, 11) is 0. The number of hydrogen-bond donors (Lipinski definition) is 13. The van der Waals surface area contributed by atoms with Gasteiger partial charge in [0.05, 0.1) is 31.5 Å². The molecule has 0 aromatic carbocycles. The first-order valence-electron chi connectivity index (χ1n) is 14.2. The minimum absolute atomic E-state index is 0.0407. The van der Waals surface area contributed by atoms with Crippen LogP contribution >= 0.6 is 0 Å². The molecule has 258 valence electrons. The highest BCUT2D eigenvalue weighted by Gasteiger charge is 2.53. The predicted octanol–water partition coefficient (Wildman–Crippen LogP) is -7.54. The summed E-state index contributed by atoms with van der Waals surface area (Å²) in [5, 5.41) is 125. The van der Waals surface area contributed by atoms with E-state index in [-0.39, 0.29) is 6.42 Å². The van der Waals surface area contributed by atoms with Gasteiger partial charge in [-0.2, -0.15) is 0 Å². The maximum atomic E-state index is 11.7. The fourth-order valence-corrected chi connectivity index (χ4v) is 5.53. The summed E-state index contributed by atoms with van der Waals surface area (Å²) in [6.45, 7) is 0.249. The minimum atomic E-state index is -2.36. The highest BCUT2D eigenvalue weighted by atomic mass is 16.7. The number of hydrogen-bond acceptors (Lipinski definition) is 18. The topological polar surface area (TPSA) is 318 Å². The van der Waals surface area contributed by atoms with Gasteiger partial charge >= 0.3 is 0 Å². The smallest absolute Gasteiger partial charge is 0.217 e. The number of rotatable bonds is 12. The lowest BCUT2D eigenvalue weighted by Crippen LogP contribution is -2.67. The van der Waals surface area contributed by atoms with Gasteiger partial charge in [0.1, 0.15) is 73.8 Å². The maximum absolute atomic E-state index is 11.7. The molecule has 0 bridgehead atoms. The van der Waals surface area contributed by atoms with Gasteiger partial charge in [-0.05, 0) is 6.42 Å². The summed E-state index contributed by atoms with van der Waals surface area (Å²) < 4.78 is 27.6. The van der Waals surface area contributed by atoms with Crippen molar-refractivity contribution >= 4 is 5.91 Å². The minimum Gasteiger partial charge on any atom is -0.394 e. The monoisotopic (exact) mass is 647 g/mol. The van der Waals surface area contributed by atoms with E-state index in [2.05, 4.69) is 5.32 Å². The van der Waals surface area contributed by atoms with Gasteiger partial charge in [0.25, 0.3) is 0 Å². The van der Waals surface area contributed by atoms with Crippen LogP contribution in [0.25, 0.3) is 0 Å². The molecule has 0 saturated carbocycles. The summed E-state index contributed by atoms with van der Waals surface area (Å²) in [6, 6.07) is -1.30. The molecule has 19 nitrogen and oxygen atoms in total. The van der Waals surface area contributed by atoms with Crippen LogP contribution < -0.4 is 5.32 Å². The number of ether oxygens (including phenoxy) is 5. The van der Waals surface area contributed by atoms with E-state index in [0.717, 1.165) is 6.92 Å². The molecule has 3 aliphatic heterocycles. The summed E-state index contributed by atoms with van der Waals surface area (Å²) in [6.07, 6.45) is -25.9. The first-order valence-corrected chi connectivity index (χ1v) is 14.2. The molecule has 3 saturated heterocycles. The highest BCUT2D eigenvalue weighted by Crippen LogP contribution is 2.34. The van der Waals surface area contributed by atoms with E-state index in [9.17, 15) is 66.1 Å². The third kappa shape index (κ3) is 8.19. The molecule has 17 atom stereocenters. The molecular formula is C25H45NO18. The van der Waals surface area contributed by atoms with Crippen molar-refractivity contribution in [3.05, 3.63) is 0 Å². The Hall–Kier alpha value is -1.21. The molecule has 3 heterocycles. The van der Waals surface area contributed by atoms with Crippen LogP contribution in [-0.4, -0.2) is 191 Å². The van der Waals surface area contributed by atoms with Gasteiger partial charge in [0.2, 0.25) is 5.91 Å². The van der Waals surface area contributed by atoms with E-state index in [0.29, 0.717) is 0 Å². The van der Waals surface area contributed by atoms with Crippen molar-refractivity contribution in [3.8, 4) is 0 Å². The lowest BCUT2D eigenvalue weighted by atomic mass is 9.88. The largest absolute Gasteiger partial charge is 0.394 e. The first kappa shape index (κ1) is 37.2. The van der Waals surface area contributed by atoms with Gasteiger partial charge in [-0.1, -0.05) is 6.92 Å². The molecule has 3 fully saturated rings. The normalized spacial score (nSPS) is 45.4. The Morgan fingerprint density at radius 1 is 0.955 bits per heavy atom. The Kier molecular flexibility index (Phi) is 13.2. The second kappa shape index (κ2) is 15.6. The second-order valence-corrected chi connectivity index (χ2v) is 11.3. The average molecular weight is 648 g/mol. The number of carbonyl (C=O) groups excluding carboxylic acids is 1. The number of amides is 1. The standard InChI is InChI=1S/C25H45NO18/c1-3-11(40-7-25(39)4-9(30)13(26-8(2)29)22(44-25)14(32)10(31)5-27)20-16(34)15(33)19(37)24(42-20)43-21-12(6-28)41-23(38)18(36)17(21)35/h9-24,27-28,30-39H,3-7H2,1-2H3,(H,26,29)/t9-,10+,11?,12+,13+,14+,15-,16+,17+,18+,19+,20+,21+,22+,23-,24-,25-/m0/s1. The Balaban J connectivity index is 1.76. The molecule has 0 radical (unpaired) electrons. The first-order chi connectivity index (χ1) is 20.6. The van der Waals surface area contributed by atoms with Crippen LogP contribution in [0.1, 0.15) is 26.7 Å². The Labute approximate surface area is 251 Å². The molecule has 1 amide bonds. The van der Waals surface area contributed by atoms with E-state index < -0.39 is 136 Å². The van der Waals surface area contributed by atoms with Crippen molar-refractivity contribution in [1.82, 2.24) is 5.32 Å². The van der Waals surface area contributed by atoms with E-state index in [1.807, 2.05) is 0 Å². The molecule has 19 heteroatoms. The zero-order valence-electron chi connectivity index (χ0n) is 24.1. The molecule has 3 rings (SSSR count). The number of carbonyl (C=O) groups is 1. The van der Waals surface area contributed by atoms with Gasteiger partial charge in [0, 0.05) is 13.3 Å². The quantitative estimate of drug-likeness (QED) is 0.0935. The van der Waals surface area contributed by atoms with Crippen LogP contribution in [0.2, 0.25) is 0 Å². The zero-order chi connectivity index (χ0) is 33.1. The van der Waals surface area contributed by atoms with Crippen molar-refractivity contribution in [2.24, 2.45) is 0 Å². The molecule has 1 unspecified atom stereocenters. The third-order valence-electron chi connectivity index (χ3n) is 7.97. The predicted molar refractivity (Wildman–Crippen MR) is 139 cm³/mol. The van der Waals surface area contributed by atoms with E-state index in [4.69, 9.17) is 23.7 Å². The van der Waals surface area contributed by atoms with Crippen LogP contribution in [-0.2, 0) is 28.5 Å². The number of aliphatic hydroxyl groups is 12. The van der Waals surface area contributed by atoms with Gasteiger partial charge in [-0.3, -0.25) is 4.79 Å². The zero-order valence-corrected chi connectivity index (χ0v) is 24.1. The molecular weight excluding hydrogens is 602 g/mol. The number of aliphatic hydroxyl groups excluding tert-OH is 11. The van der Waals surface area contributed by atoms with Crippen LogP contribution in [0.4, 0.5) is 0 Å². The van der Waals surface area contributed by atoms with E-state index in [1.165, 1.54) is 0 Å². The van der Waals surface area contributed by atoms with Crippen molar-refractivity contribution in [1.29, 1.82) is 0 Å². The number of nitrogens with one attached hydrogen (secondary N) is 1. The molecule has 3 aliphatic rings. The summed E-state index contributed by atoms with van der Waals surface area (Å²) in [5.41, 5.74) is 0. The lowest BCUT2D eigenvalue weighted by Gasteiger charge is -2.48. The molecule has 13 N–H and O–H groups in total. The molecule has 0 aromatic heterocycles. The highest BCUT2D eigenvalue weighted by molar-refractivity contribution is 5.73. The lowest BCUT2D eigenvalue weighted by molar-refractivity contribution is -0.364. The van der Waals surface area contributed by atoms with E-state index >= 15 is 0 Å². The second-order valence-electron chi connectivity index (χ2n) is 11.3. The van der Waals surface area contributed by atoms with Gasteiger partial charge in [-0.15, -0.1) is 0 Å². The van der Waals surface area contributed by atoms with Gasteiger partial charge in [-0.25, -0.2) is 0 Å². The fourth-order valence-electron chi connectivity index (χ4n) is 5.53. The summed E-state index contributed by atoms with van der Waals surface area (Å²) in [4.78, 5) is 11.7. The Morgan fingerprint density at radius 2 is 1.61 bits per heavy atom. The van der Waals surface area contributed by atoms with Crippen molar-refractivity contribution in [2.75, 3.05) is 19.8 Å². The SMILES string of the molecule is CCC(OC[C@]1(O)C[C@H](O)[C@@H](NC(C)=O)[C@H]([C@H](O)[C@H](O)CO)O1)[C@H]1O[C@@H](O[C@H]2[C@H](O)[C@@H](O)[C@@H](O)O[C@@H]2CO)[C@H](O)[C@@H](O)[C@H]1O. The van der Waals surface area contributed by atoms with Crippen LogP contribution in [0.5, 0.6) is 0 Å². The van der Waals surface area contributed by atoms with Crippen molar-refractivity contribution in [2.45, 2.75) is 130 Å². The molecule has 0 aromatic rings. The maximum Gasteiger partial charge on any atom is 0.217 e. The summed E-state index contributed by atoms with van der Waals surface area (Å²) >= 11 is 0. The van der Waals surface area contributed by atoms with Gasteiger partial charge < -0.3 is 90.3 Å².